The number of benzene rings is 1. The maximum absolute atomic E-state index is 6.08. The van der Waals surface area contributed by atoms with Crippen LogP contribution in [0.5, 0.6) is 0 Å². The molecule has 96 valence electrons. The Morgan fingerprint density at radius 2 is 2.00 bits per heavy atom. The number of hydrogen-bond acceptors (Lipinski definition) is 1. The Hall–Kier alpha value is -0.400. The highest BCUT2D eigenvalue weighted by molar-refractivity contribution is 6.31. The zero-order chi connectivity index (χ0) is 12.8. The van der Waals surface area contributed by atoms with E-state index in [1.807, 2.05) is 18.2 Å². The highest BCUT2D eigenvalue weighted by Gasteiger charge is 2.12. The largest absolute Gasteiger partial charge is 0.371 e. The second-order valence-electron chi connectivity index (χ2n) is 4.46. The van der Waals surface area contributed by atoms with E-state index in [9.17, 15) is 0 Å². The van der Waals surface area contributed by atoms with Gasteiger partial charge in [0.25, 0.3) is 0 Å². The van der Waals surface area contributed by atoms with Crippen LogP contribution in [-0.4, -0.2) is 13.1 Å². The molecule has 1 atom stereocenters. The smallest absolute Gasteiger partial charge is 0.0494 e. The van der Waals surface area contributed by atoms with E-state index in [0.29, 0.717) is 11.8 Å². The summed E-state index contributed by atoms with van der Waals surface area (Å²) in [6.45, 7) is 8.69. The Kier molecular flexibility index (Phi) is 6.15. The van der Waals surface area contributed by atoms with Crippen LogP contribution in [0.3, 0.4) is 0 Å². The number of anilines is 1. The van der Waals surface area contributed by atoms with Crippen LogP contribution >= 0.6 is 23.2 Å². The second-order valence-corrected chi connectivity index (χ2v) is 5.16. The fraction of sp³-hybridized carbons (Fsp3) is 0.571. The predicted molar refractivity (Wildman–Crippen MR) is 78.4 cm³/mol. The number of nitrogens with zero attached hydrogens (tertiary/aromatic N) is 1. The lowest BCUT2D eigenvalue weighted by Gasteiger charge is -2.28. The molecule has 0 bridgehead atoms. The Labute approximate surface area is 115 Å². The maximum atomic E-state index is 6.08. The molecule has 1 aromatic rings. The summed E-state index contributed by atoms with van der Waals surface area (Å²) in [5.41, 5.74) is 2.33. The average molecular weight is 274 g/mol. The summed E-state index contributed by atoms with van der Waals surface area (Å²) in [5.74, 6) is 1.21. The van der Waals surface area contributed by atoms with Crippen LogP contribution in [0.15, 0.2) is 18.2 Å². The zero-order valence-corrected chi connectivity index (χ0v) is 12.4. The van der Waals surface area contributed by atoms with Crippen molar-refractivity contribution in [3.63, 3.8) is 0 Å². The third kappa shape index (κ3) is 4.08. The van der Waals surface area contributed by atoms with Gasteiger partial charge in [-0.25, -0.2) is 0 Å². The molecular formula is C14H21Cl2N. The minimum Gasteiger partial charge on any atom is -0.371 e. The third-order valence-electron chi connectivity index (χ3n) is 3.14. The van der Waals surface area contributed by atoms with Crippen molar-refractivity contribution in [1.29, 1.82) is 0 Å². The molecular weight excluding hydrogens is 253 g/mol. The maximum Gasteiger partial charge on any atom is 0.0494 e. The quantitative estimate of drug-likeness (QED) is 0.663. The van der Waals surface area contributed by atoms with Crippen LogP contribution in [0.1, 0.15) is 32.8 Å². The SMILES string of the molecule is CCC(C)CN(CC)c1cc(Cl)ccc1CCl. The van der Waals surface area contributed by atoms with Gasteiger partial charge in [-0.1, -0.05) is 37.9 Å². The summed E-state index contributed by atoms with van der Waals surface area (Å²) < 4.78 is 0. The van der Waals surface area contributed by atoms with E-state index in [1.165, 1.54) is 12.1 Å². The van der Waals surface area contributed by atoms with Gasteiger partial charge in [0.1, 0.15) is 0 Å². The summed E-state index contributed by atoms with van der Waals surface area (Å²) in [6.07, 6.45) is 1.19. The first-order valence-electron chi connectivity index (χ1n) is 6.21. The Morgan fingerprint density at radius 3 is 2.53 bits per heavy atom. The highest BCUT2D eigenvalue weighted by atomic mass is 35.5. The van der Waals surface area contributed by atoms with Gasteiger partial charge in [0, 0.05) is 29.7 Å². The van der Waals surface area contributed by atoms with Crippen LogP contribution in [0.4, 0.5) is 5.69 Å². The summed E-state index contributed by atoms with van der Waals surface area (Å²) in [7, 11) is 0. The average Bonchev–Trinajstić information content (AvgIpc) is 2.35. The molecule has 0 heterocycles. The molecule has 0 aliphatic heterocycles. The van der Waals surface area contributed by atoms with Gasteiger partial charge >= 0.3 is 0 Å². The molecule has 0 saturated carbocycles. The molecule has 17 heavy (non-hydrogen) atoms. The highest BCUT2D eigenvalue weighted by Crippen LogP contribution is 2.27. The topological polar surface area (TPSA) is 3.24 Å². The molecule has 1 aromatic carbocycles. The zero-order valence-electron chi connectivity index (χ0n) is 10.8. The summed E-state index contributed by atoms with van der Waals surface area (Å²) in [4.78, 5) is 2.36. The van der Waals surface area contributed by atoms with E-state index in [1.54, 1.807) is 0 Å². The van der Waals surface area contributed by atoms with Crippen molar-refractivity contribution in [2.75, 3.05) is 18.0 Å². The summed E-state index contributed by atoms with van der Waals surface area (Å²) in [5, 5.41) is 0.775. The lowest BCUT2D eigenvalue weighted by Crippen LogP contribution is -2.28. The predicted octanol–water partition coefficient (Wildman–Crippen LogP) is 4.95. The number of hydrogen-bond donors (Lipinski definition) is 0. The van der Waals surface area contributed by atoms with Crippen LogP contribution in [0.2, 0.25) is 5.02 Å². The first kappa shape index (κ1) is 14.7. The third-order valence-corrected chi connectivity index (χ3v) is 3.67. The van der Waals surface area contributed by atoms with Gasteiger partial charge in [0.2, 0.25) is 0 Å². The van der Waals surface area contributed by atoms with Gasteiger partial charge in [-0.2, -0.15) is 0 Å². The van der Waals surface area contributed by atoms with Crippen molar-refractivity contribution in [1.82, 2.24) is 0 Å². The van der Waals surface area contributed by atoms with Crippen molar-refractivity contribution in [2.24, 2.45) is 5.92 Å². The van der Waals surface area contributed by atoms with Crippen molar-refractivity contribution in [2.45, 2.75) is 33.1 Å². The van der Waals surface area contributed by atoms with Gasteiger partial charge in [0.15, 0.2) is 0 Å². The molecule has 0 amide bonds. The van der Waals surface area contributed by atoms with Gasteiger partial charge in [-0.05, 0) is 30.5 Å². The number of rotatable bonds is 6. The van der Waals surface area contributed by atoms with E-state index < -0.39 is 0 Å². The molecule has 1 rings (SSSR count). The molecule has 0 aliphatic carbocycles. The van der Waals surface area contributed by atoms with Gasteiger partial charge in [-0.15, -0.1) is 11.6 Å². The Balaban J connectivity index is 2.97. The van der Waals surface area contributed by atoms with Crippen molar-refractivity contribution >= 4 is 28.9 Å². The Bertz CT molecular complexity index is 352. The van der Waals surface area contributed by atoms with Crippen molar-refractivity contribution in [3.8, 4) is 0 Å². The first-order valence-corrected chi connectivity index (χ1v) is 7.12. The molecule has 0 spiro atoms. The second kappa shape index (κ2) is 7.13. The van der Waals surface area contributed by atoms with E-state index in [-0.39, 0.29) is 0 Å². The summed E-state index contributed by atoms with van der Waals surface area (Å²) in [6, 6.07) is 5.94. The fourth-order valence-corrected chi connectivity index (χ4v) is 2.24. The molecule has 0 aromatic heterocycles. The Morgan fingerprint density at radius 1 is 1.29 bits per heavy atom. The summed E-state index contributed by atoms with van der Waals surface area (Å²) >= 11 is 12.1. The van der Waals surface area contributed by atoms with E-state index >= 15 is 0 Å². The molecule has 0 saturated heterocycles. The minimum absolute atomic E-state index is 0.531. The van der Waals surface area contributed by atoms with E-state index in [4.69, 9.17) is 23.2 Å². The van der Waals surface area contributed by atoms with Crippen LogP contribution in [0.25, 0.3) is 0 Å². The lowest BCUT2D eigenvalue weighted by atomic mass is 10.1. The normalized spacial score (nSPS) is 12.5. The molecule has 0 aliphatic rings. The molecule has 1 nitrogen and oxygen atoms in total. The first-order chi connectivity index (χ1) is 8.12. The molecule has 0 radical (unpaired) electrons. The van der Waals surface area contributed by atoms with E-state index in [0.717, 1.165) is 23.7 Å². The fourth-order valence-electron chi connectivity index (χ4n) is 1.85. The minimum atomic E-state index is 0.531. The number of alkyl halides is 1. The standard InChI is InChI=1S/C14H21Cl2N/c1-4-11(3)10-17(5-2)14-8-13(16)7-6-12(14)9-15/h6-8,11H,4-5,9-10H2,1-3H3. The van der Waals surface area contributed by atoms with Gasteiger partial charge in [-0.3, -0.25) is 0 Å². The number of halogens is 2. The van der Waals surface area contributed by atoms with Gasteiger partial charge in [0.05, 0.1) is 0 Å². The molecule has 3 heteroatoms. The van der Waals surface area contributed by atoms with Crippen LogP contribution < -0.4 is 4.90 Å². The van der Waals surface area contributed by atoms with Crippen LogP contribution in [-0.2, 0) is 5.88 Å². The monoisotopic (exact) mass is 273 g/mol. The molecule has 1 unspecified atom stereocenters. The van der Waals surface area contributed by atoms with Crippen LogP contribution in [0, 0.1) is 5.92 Å². The van der Waals surface area contributed by atoms with Crippen molar-refractivity contribution in [3.05, 3.63) is 28.8 Å². The molecule has 0 N–H and O–H groups in total. The van der Waals surface area contributed by atoms with E-state index in [2.05, 4.69) is 25.7 Å². The van der Waals surface area contributed by atoms with Crippen molar-refractivity contribution < 1.29 is 0 Å². The molecule has 0 fully saturated rings. The van der Waals surface area contributed by atoms with Gasteiger partial charge < -0.3 is 4.90 Å². The lowest BCUT2D eigenvalue weighted by molar-refractivity contribution is 0.547.